The number of hydrogen-bond acceptors (Lipinski definition) is 4. The van der Waals surface area contributed by atoms with Crippen LogP contribution < -0.4 is 5.32 Å². The van der Waals surface area contributed by atoms with Gasteiger partial charge in [-0.25, -0.2) is 0 Å². The molecular formula is C25H23N5. The fraction of sp³-hybridized carbons (Fsp3) is 0.240. The Labute approximate surface area is 175 Å². The Morgan fingerprint density at radius 3 is 2.97 bits per heavy atom. The zero-order valence-electron chi connectivity index (χ0n) is 16.9. The Morgan fingerprint density at radius 2 is 2.10 bits per heavy atom. The summed E-state index contributed by atoms with van der Waals surface area (Å²) >= 11 is 0. The van der Waals surface area contributed by atoms with E-state index in [1.54, 1.807) is 0 Å². The maximum atomic E-state index is 9.19. The maximum Gasteiger partial charge on any atom is 0.100 e. The van der Waals surface area contributed by atoms with Crippen LogP contribution in [0, 0.1) is 11.3 Å². The number of aryl methyl sites for hydroxylation is 2. The third-order valence-electron chi connectivity index (χ3n) is 5.94. The average Bonchev–Trinajstić information content (AvgIpc) is 3.22. The first kappa shape index (κ1) is 18.4. The van der Waals surface area contributed by atoms with Gasteiger partial charge in [0.2, 0.25) is 0 Å². The lowest BCUT2D eigenvalue weighted by molar-refractivity contribution is 0.600. The van der Waals surface area contributed by atoms with E-state index in [4.69, 9.17) is 0 Å². The third kappa shape index (κ3) is 3.31. The molecule has 0 spiro atoms. The van der Waals surface area contributed by atoms with Gasteiger partial charge in [0.1, 0.15) is 5.69 Å². The predicted octanol–water partition coefficient (Wildman–Crippen LogP) is 5.55. The Morgan fingerprint density at radius 1 is 1.17 bits per heavy atom. The third-order valence-corrected chi connectivity index (χ3v) is 5.94. The van der Waals surface area contributed by atoms with E-state index in [1.165, 1.54) is 11.1 Å². The highest BCUT2D eigenvalue weighted by Crippen LogP contribution is 2.35. The minimum atomic E-state index is 0.252. The molecule has 0 aliphatic heterocycles. The highest BCUT2D eigenvalue weighted by atomic mass is 15.1. The molecule has 1 aliphatic rings. The number of aromatic nitrogens is 3. The second kappa shape index (κ2) is 7.64. The highest BCUT2D eigenvalue weighted by molar-refractivity contribution is 5.95. The minimum Gasteiger partial charge on any atom is -0.378 e. The molecule has 2 heterocycles. The first-order chi connectivity index (χ1) is 14.7. The van der Waals surface area contributed by atoms with Crippen molar-refractivity contribution in [1.29, 1.82) is 5.26 Å². The van der Waals surface area contributed by atoms with E-state index in [9.17, 15) is 5.26 Å². The van der Waals surface area contributed by atoms with Gasteiger partial charge < -0.3 is 5.32 Å². The van der Waals surface area contributed by atoms with Gasteiger partial charge in [0.15, 0.2) is 0 Å². The van der Waals surface area contributed by atoms with E-state index in [0.717, 1.165) is 64.8 Å². The number of nitrogens with zero attached hydrogens (tertiary/aromatic N) is 3. The largest absolute Gasteiger partial charge is 0.378 e. The molecule has 30 heavy (non-hydrogen) atoms. The summed E-state index contributed by atoms with van der Waals surface area (Å²) in [6.07, 6.45) is 5.99. The Balaban J connectivity index is 1.49. The first-order valence-electron chi connectivity index (χ1n) is 10.5. The number of H-pyrrole nitrogens is 1. The molecular weight excluding hydrogens is 370 g/mol. The molecule has 4 aromatic rings. The smallest absolute Gasteiger partial charge is 0.100 e. The molecule has 2 N–H and O–H groups in total. The molecule has 0 saturated carbocycles. The van der Waals surface area contributed by atoms with Gasteiger partial charge in [-0.05, 0) is 79.3 Å². The lowest BCUT2D eigenvalue weighted by Crippen LogP contribution is -2.17. The van der Waals surface area contributed by atoms with E-state index in [-0.39, 0.29) is 6.04 Å². The number of aromatic amines is 1. The van der Waals surface area contributed by atoms with E-state index in [1.807, 2.05) is 24.4 Å². The summed E-state index contributed by atoms with van der Waals surface area (Å²) in [5.41, 5.74) is 8.52. The lowest BCUT2D eigenvalue weighted by Gasteiger charge is -2.27. The van der Waals surface area contributed by atoms with E-state index < -0.39 is 0 Å². The molecule has 1 atom stereocenters. The summed E-state index contributed by atoms with van der Waals surface area (Å²) in [6, 6.07) is 19.1. The second-order valence-corrected chi connectivity index (χ2v) is 7.84. The second-order valence-electron chi connectivity index (χ2n) is 7.84. The molecule has 5 nitrogen and oxygen atoms in total. The molecule has 5 rings (SSSR count). The molecule has 0 fully saturated rings. The van der Waals surface area contributed by atoms with E-state index in [0.29, 0.717) is 0 Å². The molecule has 2 aromatic carbocycles. The summed E-state index contributed by atoms with van der Waals surface area (Å²) in [5.74, 6) is 0. The van der Waals surface area contributed by atoms with Gasteiger partial charge in [0, 0.05) is 28.5 Å². The lowest BCUT2D eigenvalue weighted by atomic mass is 9.86. The first-order valence-corrected chi connectivity index (χ1v) is 10.5. The number of nitrogens with one attached hydrogen (secondary N) is 2. The molecule has 0 saturated heterocycles. The summed E-state index contributed by atoms with van der Waals surface area (Å²) < 4.78 is 0. The van der Waals surface area contributed by atoms with E-state index >= 15 is 0 Å². The minimum absolute atomic E-state index is 0.252. The molecule has 0 bridgehead atoms. The molecule has 5 heteroatoms. The van der Waals surface area contributed by atoms with Gasteiger partial charge in [-0.1, -0.05) is 13.0 Å². The van der Waals surface area contributed by atoms with E-state index in [2.05, 4.69) is 63.8 Å². The number of pyridine rings is 1. The van der Waals surface area contributed by atoms with Crippen LogP contribution in [0.1, 0.15) is 48.2 Å². The van der Waals surface area contributed by atoms with Gasteiger partial charge >= 0.3 is 0 Å². The van der Waals surface area contributed by atoms with Crippen LogP contribution in [0.2, 0.25) is 0 Å². The predicted molar refractivity (Wildman–Crippen MR) is 119 cm³/mol. The topological polar surface area (TPSA) is 77.4 Å². The fourth-order valence-corrected chi connectivity index (χ4v) is 4.38. The Bertz CT molecular complexity index is 1260. The number of benzene rings is 2. The van der Waals surface area contributed by atoms with Crippen molar-refractivity contribution in [3.8, 4) is 17.3 Å². The zero-order chi connectivity index (χ0) is 20.5. The SMILES string of the molecule is CCc1cc(-c2n[nH]c3ccc(N[C@H]4CCCc5cc(C#N)ccc54)cc23)ccn1. The Kier molecular flexibility index (Phi) is 4.68. The van der Waals surface area contributed by atoms with Crippen molar-refractivity contribution in [1.82, 2.24) is 15.2 Å². The van der Waals surface area contributed by atoms with Gasteiger partial charge in [0.25, 0.3) is 0 Å². The normalized spacial score (nSPS) is 15.5. The molecule has 0 radical (unpaired) electrons. The Hall–Kier alpha value is -3.65. The fourth-order valence-electron chi connectivity index (χ4n) is 4.38. The standard InChI is InChI=1S/C25H23N5/c1-2-19-13-18(10-11-27-19)25-22-14-20(7-9-24(22)29-30-25)28-23-5-3-4-17-12-16(15-26)6-8-21(17)23/h6-14,23,28H,2-5H2,1H3,(H,29,30)/t23-/m0/s1. The summed E-state index contributed by atoms with van der Waals surface area (Å²) in [6.45, 7) is 2.11. The van der Waals surface area contributed by atoms with Crippen molar-refractivity contribution in [3.63, 3.8) is 0 Å². The van der Waals surface area contributed by atoms with Crippen LogP contribution in [0.15, 0.2) is 54.7 Å². The van der Waals surface area contributed by atoms with Crippen molar-refractivity contribution in [3.05, 3.63) is 77.1 Å². The van der Waals surface area contributed by atoms with Gasteiger partial charge in [-0.3, -0.25) is 10.1 Å². The number of rotatable bonds is 4. The van der Waals surface area contributed by atoms with Crippen LogP contribution in [-0.2, 0) is 12.8 Å². The summed E-state index contributed by atoms with van der Waals surface area (Å²) in [7, 11) is 0. The molecule has 148 valence electrons. The monoisotopic (exact) mass is 393 g/mol. The number of anilines is 1. The van der Waals surface area contributed by atoms with Crippen molar-refractivity contribution in [2.24, 2.45) is 0 Å². The quantitative estimate of drug-likeness (QED) is 0.477. The zero-order valence-corrected chi connectivity index (χ0v) is 16.9. The molecule has 0 unspecified atom stereocenters. The number of hydrogen-bond donors (Lipinski definition) is 2. The molecule has 1 aliphatic carbocycles. The van der Waals surface area contributed by atoms with Crippen LogP contribution in [0.4, 0.5) is 5.69 Å². The van der Waals surface area contributed by atoms with Crippen molar-refractivity contribution < 1.29 is 0 Å². The number of fused-ring (bicyclic) bond motifs is 2. The van der Waals surface area contributed by atoms with Crippen LogP contribution in [-0.4, -0.2) is 15.2 Å². The van der Waals surface area contributed by atoms with Gasteiger partial charge in [-0.15, -0.1) is 0 Å². The summed E-state index contributed by atoms with van der Waals surface area (Å²) in [4.78, 5) is 4.41. The summed E-state index contributed by atoms with van der Waals surface area (Å²) in [5, 5.41) is 21.7. The van der Waals surface area contributed by atoms with Crippen LogP contribution in [0.5, 0.6) is 0 Å². The maximum absolute atomic E-state index is 9.19. The molecule has 2 aromatic heterocycles. The van der Waals surface area contributed by atoms with Crippen molar-refractivity contribution in [2.75, 3.05) is 5.32 Å². The average molecular weight is 393 g/mol. The van der Waals surface area contributed by atoms with Crippen LogP contribution in [0.3, 0.4) is 0 Å². The van der Waals surface area contributed by atoms with Crippen LogP contribution >= 0.6 is 0 Å². The number of nitriles is 1. The van der Waals surface area contributed by atoms with Gasteiger partial charge in [-0.2, -0.15) is 10.4 Å². The van der Waals surface area contributed by atoms with Gasteiger partial charge in [0.05, 0.1) is 23.2 Å². The van der Waals surface area contributed by atoms with Crippen molar-refractivity contribution in [2.45, 2.75) is 38.6 Å². The van der Waals surface area contributed by atoms with Crippen LogP contribution in [0.25, 0.3) is 22.2 Å². The molecule has 0 amide bonds. The highest BCUT2D eigenvalue weighted by Gasteiger charge is 2.21. The van der Waals surface area contributed by atoms with Crippen molar-refractivity contribution >= 4 is 16.6 Å².